The molecule has 238 valence electrons. The molecule has 0 fully saturated rings. The number of benzene rings is 1. The zero-order chi connectivity index (χ0) is 31.7. The maximum Gasteiger partial charge on any atom is 0.513 e. The summed E-state index contributed by atoms with van der Waals surface area (Å²) in [6.45, 7) is 13.2. The summed E-state index contributed by atoms with van der Waals surface area (Å²) in [5, 5.41) is 0. The van der Waals surface area contributed by atoms with Crippen LogP contribution in [0.15, 0.2) is 18.2 Å². The SMILES string of the molecule is CCCCCOC(=O)Oc1ccc(C[C@H](N)C(=O)O[C@@H](C)[C@H](C)OC(=O)C(C)(C)CC)cc1OC(=O)OCCCCC. The van der Waals surface area contributed by atoms with Crippen LogP contribution in [0.4, 0.5) is 9.59 Å². The Balaban J connectivity index is 2.91. The topological polar surface area (TPSA) is 150 Å². The fraction of sp³-hybridized carbons (Fsp3) is 0.677. The van der Waals surface area contributed by atoms with E-state index in [0.717, 1.165) is 25.7 Å². The summed E-state index contributed by atoms with van der Waals surface area (Å²) in [5.74, 6) is -1.23. The highest BCUT2D eigenvalue weighted by molar-refractivity contribution is 5.77. The van der Waals surface area contributed by atoms with Crippen LogP contribution >= 0.6 is 0 Å². The van der Waals surface area contributed by atoms with Crippen LogP contribution in [-0.4, -0.2) is 55.7 Å². The normalized spacial score (nSPS) is 13.3. The molecular formula is C31H49NO10. The lowest BCUT2D eigenvalue weighted by molar-refractivity contribution is -0.172. The summed E-state index contributed by atoms with van der Waals surface area (Å²) in [7, 11) is 0. The number of nitrogens with two attached hydrogens (primary N) is 1. The van der Waals surface area contributed by atoms with Crippen LogP contribution < -0.4 is 15.2 Å². The third kappa shape index (κ3) is 13.5. The van der Waals surface area contributed by atoms with Gasteiger partial charge in [0, 0.05) is 0 Å². The highest BCUT2D eigenvalue weighted by Gasteiger charge is 2.31. The lowest BCUT2D eigenvalue weighted by atomic mass is 9.90. The van der Waals surface area contributed by atoms with E-state index in [9.17, 15) is 19.2 Å². The largest absolute Gasteiger partial charge is 0.513 e. The van der Waals surface area contributed by atoms with Crippen LogP contribution in [0.5, 0.6) is 11.5 Å². The molecular weight excluding hydrogens is 546 g/mol. The van der Waals surface area contributed by atoms with E-state index >= 15 is 0 Å². The first-order chi connectivity index (χ1) is 19.8. The number of ether oxygens (including phenoxy) is 6. The smallest absolute Gasteiger partial charge is 0.458 e. The second kappa shape index (κ2) is 19.0. The molecule has 11 heteroatoms. The third-order valence-electron chi connectivity index (χ3n) is 6.78. The molecule has 1 aromatic carbocycles. The van der Waals surface area contributed by atoms with Gasteiger partial charge in [-0.15, -0.1) is 0 Å². The van der Waals surface area contributed by atoms with Gasteiger partial charge in [0.1, 0.15) is 18.2 Å². The van der Waals surface area contributed by atoms with Crippen molar-refractivity contribution in [2.24, 2.45) is 11.1 Å². The van der Waals surface area contributed by atoms with Crippen LogP contribution in [0.2, 0.25) is 0 Å². The molecule has 42 heavy (non-hydrogen) atoms. The van der Waals surface area contributed by atoms with E-state index < -0.39 is 41.9 Å². The van der Waals surface area contributed by atoms with E-state index in [4.69, 9.17) is 34.2 Å². The Morgan fingerprint density at radius 3 is 1.83 bits per heavy atom. The first-order valence-electron chi connectivity index (χ1n) is 14.8. The van der Waals surface area contributed by atoms with Crippen molar-refractivity contribution >= 4 is 24.2 Å². The molecule has 0 aliphatic rings. The number of hydrogen-bond donors (Lipinski definition) is 1. The number of unbranched alkanes of at least 4 members (excludes halogenated alkanes) is 4. The summed E-state index contributed by atoms with van der Waals surface area (Å²) < 4.78 is 31.7. The summed E-state index contributed by atoms with van der Waals surface area (Å²) in [4.78, 5) is 49.6. The van der Waals surface area contributed by atoms with Gasteiger partial charge in [-0.05, 0) is 71.1 Å². The highest BCUT2D eigenvalue weighted by atomic mass is 16.7. The zero-order valence-electron chi connectivity index (χ0n) is 26.2. The van der Waals surface area contributed by atoms with Crippen molar-refractivity contribution in [3.05, 3.63) is 23.8 Å². The molecule has 0 aliphatic heterocycles. The molecule has 0 aromatic heterocycles. The fourth-order valence-corrected chi connectivity index (χ4v) is 3.37. The van der Waals surface area contributed by atoms with Crippen LogP contribution in [-0.2, 0) is 35.0 Å². The van der Waals surface area contributed by atoms with Crippen molar-refractivity contribution in [1.82, 2.24) is 0 Å². The first-order valence-corrected chi connectivity index (χ1v) is 14.8. The standard InChI is InChI=1S/C31H49NO10/c1-8-11-13-17-37-29(35)41-25-16-15-23(20-26(25)42-30(36)38-18-14-12-9-2)19-24(32)27(33)39-21(4)22(5)40-28(34)31(6,7)10-3/h15-16,20-22,24H,8-14,17-19,32H2,1-7H3/t21-,22-,24-/m0/s1. The second-order valence-electron chi connectivity index (χ2n) is 10.9. The maximum absolute atomic E-state index is 12.7. The molecule has 0 radical (unpaired) electrons. The summed E-state index contributed by atoms with van der Waals surface area (Å²) in [5.41, 5.74) is 5.97. The molecule has 3 atom stereocenters. The number of rotatable bonds is 18. The molecule has 0 saturated heterocycles. The number of carbonyl (C=O) groups excluding carboxylic acids is 4. The van der Waals surface area contributed by atoms with Gasteiger partial charge in [0.15, 0.2) is 11.5 Å². The van der Waals surface area contributed by atoms with Gasteiger partial charge in [-0.3, -0.25) is 9.59 Å². The third-order valence-corrected chi connectivity index (χ3v) is 6.78. The lowest BCUT2D eigenvalue weighted by Crippen LogP contribution is -2.40. The van der Waals surface area contributed by atoms with Crippen molar-refractivity contribution in [1.29, 1.82) is 0 Å². The minimum Gasteiger partial charge on any atom is -0.458 e. The van der Waals surface area contributed by atoms with E-state index in [1.54, 1.807) is 33.8 Å². The van der Waals surface area contributed by atoms with Crippen molar-refractivity contribution < 1.29 is 47.6 Å². The Bertz CT molecular complexity index is 1010. The molecule has 2 N–H and O–H groups in total. The van der Waals surface area contributed by atoms with Gasteiger partial charge in [-0.1, -0.05) is 52.5 Å². The van der Waals surface area contributed by atoms with Crippen molar-refractivity contribution in [3.8, 4) is 11.5 Å². The Hall–Kier alpha value is -3.34. The van der Waals surface area contributed by atoms with Gasteiger partial charge in [0.25, 0.3) is 0 Å². The average molecular weight is 596 g/mol. The van der Waals surface area contributed by atoms with Crippen LogP contribution in [0.1, 0.15) is 99.0 Å². The Morgan fingerprint density at radius 1 is 0.786 bits per heavy atom. The van der Waals surface area contributed by atoms with Gasteiger partial charge >= 0.3 is 24.2 Å². The Kier molecular flexibility index (Phi) is 16.6. The quantitative estimate of drug-likeness (QED) is 0.0885. The van der Waals surface area contributed by atoms with E-state index in [1.807, 2.05) is 20.8 Å². The van der Waals surface area contributed by atoms with Gasteiger partial charge in [0.2, 0.25) is 0 Å². The van der Waals surface area contributed by atoms with E-state index in [2.05, 4.69) is 0 Å². The molecule has 0 aliphatic carbocycles. The molecule has 1 aromatic rings. The molecule has 0 bridgehead atoms. The van der Waals surface area contributed by atoms with Gasteiger partial charge in [-0.2, -0.15) is 0 Å². The van der Waals surface area contributed by atoms with Crippen molar-refractivity contribution in [2.45, 2.75) is 118 Å². The van der Waals surface area contributed by atoms with Crippen molar-refractivity contribution in [2.75, 3.05) is 13.2 Å². The van der Waals surface area contributed by atoms with E-state index in [1.165, 1.54) is 12.1 Å². The van der Waals surface area contributed by atoms with Crippen molar-refractivity contribution in [3.63, 3.8) is 0 Å². The molecule has 0 spiro atoms. The first kappa shape index (κ1) is 36.7. The summed E-state index contributed by atoms with van der Waals surface area (Å²) in [6.07, 6.45) is 2.41. The van der Waals surface area contributed by atoms with Crippen LogP contribution in [0.25, 0.3) is 0 Å². The Labute approximate surface area is 249 Å². The van der Waals surface area contributed by atoms with Gasteiger partial charge in [-0.25, -0.2) is 9.59 Å². The minimum absolute atomic E-state index is 0.0201. The predicted octanol–water partition coefficient (Wildman–Crippen LogP) is 6.27. The van der Waals surface area contributed by atoms with E-state index in [-0.39, 0.29) is 37.1 Å². The molecule has 0 amide bonds. The molecule has 11 nitrogen and oxygen atoms in total. The average Bonchev–Trinajstić information content (AvgIpc) is 2.94. The second-order valence-corrected chi connectivity index (χ2v) is 10.9. The monoisotopic (exact) mass is 595 g/mol. The van der Waals surface area contributed by atoms with Gasteiger partial charge in [0.05, 0.1) is 18.6 Å². The fourth-order valence-electron chi connectivity index (χ4n) is 3.37. The minimum atomic E-state index is -1.08. The predicted molar refractivity (Wildman–Crippen MR) is 156 cm³/mol. The van der Waals surface area contributed by atoms with Crippen LogP contribution in [0.3, 0.4) is 0 Å². The zero-order valence-corrected chi connectivity index (χ0v) is 26.2. The Morgan fingerprint density at radius 2 is 1.31 bits per heavy atom. The lowest BCUT2D eigenvalue weighted by Gasteiger charge is -2.27. The number of hydrogen-bond acceptors (Lipinski definition) is 11. The molecule has 0 heterocycles. The summed E-state index contributed by atoms with van der Waals surface area (Å²) >= 11 is 0. The molecule has 1 rings (SSSR count). The van der Waals surface area contributed by atoms with Crippen LogP contribution in [0, 0.1) is 5.41 Å². The summed E-state index contributed by atoms with van der Waals surface area (Å²) in [6, 6.07) is 3.35. The number of carbonyl (C=O) groups is 4. The maximum atomic E-state index is 12.7. The molecule has 0 saturated carbocycles. The molecule has 0 unspecified atom stereocenters. The van der Waals surface area contributed by atoms with E-state index in [0.29, 0.717) is 24.8 Å². The van der Waals surface area contributed by atoms with Gasteiger partial charge < -0.3 is 34.2 Å². The number of esters is 2. The highest BCUT2D eigenvalue weighted by Crippen LogP contribution is 2.30.